The number of pyridine rings is 2. The Bertz CT molecular complexity index is 1090. The summed E-state index contributed by atoms with van der Waals surface area (Å²) in [6.45, 7) is 1.92. The summed E-state index contributed by atoms with van der Waals surface area (Å²) in [7, 11) is 0. The zero-order chi connectivity index (χ0) is 16.5. The molecule has 3 aromatic heterocycles. The third kappa shape index (κ3) is 2.27. The molecular formula is C19H14N4O. The van der Waals surface area contributed by atoms with Gasteiger partial charge in [-0.25, -0.2) is 14.5 Å². The van der Waals surface area contributed by atoms with E-state index in [1.165, 1.54) is 0 Å². The van der Waals surface area contributed by atoms with Gasteiger partial charge in [0.2, 0.25) is 0 Å². The third-order valence-corrected chi connectivity index (χ3v) is 3.86. The van der Waals surface area contributed by atoms with Crippen molar-refractivity contribution in [1.82, 2.24) is 19.5 Å². The fraction of sp³-hybridized carbons (Fsp3) is 0.0526. The molecular weight excluding hydrogens is 300 g/mol. The van der Waals surface area contributed by atoms with E-state index in [0.717, 1.165) is 5.56 Å². The highest BCUT2D eigenvalue weighted by atomic mass is 16.1. The molecule has 3 heterocycles. The van der Waals surface area contributed by atoms with E-state index in [4.69, 9.17) is 0 Å². The fourth-order valence-electron chi connectivity index (χ4n) is 2.71. The van der Waals surface area contributed by atoms with Crippen LogP contribution in [0.5, 0.6) is 0 Å². The Morgan fingerprint density at radius 2 is 1.67 bits per heavy atom. The summed E-state index contributed by atoms with van der Waals surface area (Å²) in [5, 5.41) is 0.558. The van der Waals surface area contributed by atoms with Crippen LogP contribution >= 0.6 is 0 Å². The van der Waals surface area contributed by atoms with Crippen LogP contribution in [0.2, 0.25) is 0 Å². The standard InChI is InChI=1S/C19H14N4O/c1-13-7-6-12-21-17(13)23-18(16-10-4-5-11-20-16)22-15-9-3-2-8-14(15)19(23)24/h2-12H,1H3. The number of fused-ring (bicyclic) bond motifs is 1. The minimum Gasteiger partial charge on any atom is -0.268 e. The van der Waals surface area contributed by atoms with Crippen molar-refractivity contribution in [2.24, 2.45) is 0 Å². The lowest BCUT2D eigenvalue weighted by Crippen LogP contribution is -2.23. The number of para-hydroxylation sites is 1. The first-order chi connectivity index (χ1) is 11.8. The first-order valence-electron chi connectivity index (χ1n) is 7.61. The molecule has 5 nitrogen and oxygen atoms in total. The number of aromatic nitrogens is 4. The van der Waals surface area contributed by atoms with Crippen molar-refractivity contribution >= 4 is 10.9 Å². The highest BCUT2D eigenvalue weighted by Crippen LogP contribution is 2.20. The van der Waals surface area contributed by atoms with E-state index in [2.05, 4.69) is 15.0 Å². The molecule has 0 amide bonds. The molecule has 0 radical (unpaired) electrons. The summed E-state index contributed by atoms with van der Waals surface area (Å²) in [4.78, 5) is 26.6. The van der Waals surface area contributed by atoms with Crippen LogP contribution in [-0.2, 0) is 0 Å². The first-order valence-corrected chi connectivity index (χ1v) is 7.61. The molecule has 0 fully saturated rings. The Labute approximate surface area is 138 Å². The van der Waals surface area contributed by atoms with Crippen molar-refractivity contribution in [3.05, 3.63) is 82.9 Å². The summed E-state index contributed by atoms with van der Waals surface area (Å²) < 4.78 is 1.54. The lowest BCUT2D eigenvalue weighted by atomic mass is 10.2. The number of benzene rings is 1. The number of hydrogen-bond donors (Lipinski definition) is 0. The maximum absolute atomic E-state index is 13.1. The molecule has 0 atom stereocenters. The fourth-order valence-corrected chi connectivity index (χ4v) is 2.71. The Hall–Kier alpha value is -3.34. The van der Waals surface area contributed by atoms with Crippen molar-refractivity contribution in [3.63, 3.8) is 0 Å². The predicted molar refractivity (Wildman–Crippen MR) is 93.1 cm³/mol. The summed E-state index contributed by atoms with van der Waals surface area (Å²) in [6, 6.07) is 16.6. The highest BCUT2D eigenvalue weighted by Gasteiger charge is 2.16. The Morgan fingerprint density at radius 3 is 2.46 bits per heavy atom. The van der Waals surface area contributed by atoms with Gasteiger partial charge >= 0.3 is 0 Å². The zero-order valence-corrected chi connectivity index (χ0v) is 13.0. The van der Waals surface area contributed by atoms with E-state index in [0.29, 0.717) is 28.2 Å². The average molecular weight is 314 g/mol. The SMILES string of the molecule is Cc1cccnc1-n1c(-c2ccccn2)nc2ccccc2c1=O. The summed E-state index contributed by atoms with van der Waals surface area (Å²) in [5.74, 6) is 1.06. The molecule has 0 bridgehead atoms. The van der Waals surface area contributed by atoms with Crippen LogP contribution in [0.4, 0.5) is 0 Å². The van der Waals surface area contributed by atoms with Crippen molar-refractivity contribution in [1.29, 1.82) is 0 Å². The third-order valence-electron chi connectivity index (χ3n) is 3.86. The molecule has 24 heavy (non-hydrogen) atoms. The quantitative estimate of drug-likeness (QED) is 0.570. The van der Waals surface area contributed by atoms with E-state index in [1.807, 2.05) is 55.5 Å². The molecule has 1 aromatic carbocycles. The second-order valence-electron chi connectivity index (χ2n) is 5.45. The van der Waals surface area contributed by atoms with Crippen LogP contribution in [0.15, 0.2) is 71.8 Å². The van der Waals surface area contributed by atoms with Gasteiger partial charge in [-0.05, 0) is 42.8 Å². The largest absolute Gasteiger partial charge is 0.268 e. The molecule has 0 N–H and O–H groups in total. The number of rotatable bonds is 2. The minimum atomic E-state index is -0.150. The van der Waals surface area contributed by atoms with Gasteiger partial charge in [-0.2, -0.15) is 0 Å². The monoisotopic (exact) mass is 314 g/mol. The average Bonchev–Trinajstić information content (AvgIpc) is 2.63. The maximum Gasteiger partial charge on any atom is 0.267 e. The van der Waals surface area contributed by atoms with Crippen molar-refractivity contribution in [2.45, 2.75) is 6.92 Å². The lowest BCUT2D eigenvalue weighted by molar-refractivity contribution is 0.913. The molecule has 4 rings (SSSR count). The zero-order valence-electron chi connectivity index (χ0n) is 13.0. The van der Waals surface area contributed by atoms with Gasteiger partial charge in [0, 0.05) is 12.4 Å². The van der Waals surface area contributed by atoms with Gasteiger partial charge in [0.1, 0.15) is 11.5 Å². The lowest BCUT2D eigenvalue weighted by Gasteiger charge is -2.14. The molecule has 0 saturated heterocycles. The molecule has 0 aliphatic carbocycles. The second-order valence-corrected chi connectivity index (χ2v) is 5.45. The normalized spacial score (nSPS) is 10.9. The van der Waals surface area contributed by atoms with Crippen LogP contribution in [0.3, 0.4) is 0 Å². The molecule has 5 heteroatoms. The molecule has 0 saturated carbocycles. The summed E-state index contributed by atoms with van der Waals surface area (Å²) in [5.41, 5.74) is 2.02. The summed E-state index contributed by atoms with van der Waals surface area (Å²) >= 11 is 0. The Kier molecular flexibility index (Phi) is 3.39. The van der Waals surface area contributed by atoms with Gasteiger partial charge in [0.25, 0.3) is 5.56 Å². The number of hydrogen-bond acceptors (Lipinski definition) is 4. The van der Waals surface area contributed by atoms with Gasteiger partial charge in [-0.15, -0.1) is 0 Å². The smallest absolute Gasteiger partial charge is 0.267 e. The minimum absolute atomic E-state index is 0.150. The van der Waals surface area contributed by atoms with E-state index >= 15 is 0 Å². The molecule has 0 aliphatic rings. The Balaban J connectivity index is 2.16. The van der Waals surface area contributed by atoms with E-state index in [-0.39, 0.29) is 5.56 Å². The van der Waals surface area contributed by atoms with Gasteiger partial charge in [0.15, 0.2) is 5.82 Å². The Morgan fingerprint density at radius 1 is 0.875 bits per heavy atom. The van der Waals surface area contributed by atoms with Crippen molar-refractivity contribution < 1.29 is 0 Å². The van der Waals surface area contributed by atoms with Gasteiger partial charge in [-0.1, -0.05) is 24.3 Å². The molecule has 0 aliphatic heterocycles. The van der Waals surface area contributed by atoms with Crippen LogP contribution in [0, 0.1) is 6.92 Å². The van der Waals surface area contributed by atoms with Crippen LogP contribution in [0.25, 0.3) is 28.2 Å². The molecule has 116 valence electrons. The molecule has 4 aromatic rings. The maximum atomic E-state index is 13.1. The van der Waals surface area contributed by atoms with Crippen molar-refractivity contribution in [3.8, 4) is 17.3 Å². The molecule has 0 unspecified atom stereocenters. The van der Waals surface area contributed by atoms with Gasteiger partial charge in [-0.3, -0.25) is 9.78 Å². The predicted octanol–water partition coefficient (Wildman–Crippen LogP) is 3.15. The van der Waals surface area contributed by atoms with Crippen molar-refractivity contribution in [2.75, 3.05) is 0 Å². The number of nitrogens with zero attached hydrogens (tertiary/aromatic N) is 4. The number of aryl methyl sites for hydroxylation is 1. The second kappa shape index (κ2) is 5.70. The van der Waals surface area contributed by atoms with Crippen LogP contribution in [0.1, 0.15) is 5.56 Å². The van der Waals surface area contributed by atoms with E-state index < -0.39 is 0 Å². The van der Waals surface area contributed by atoms with Gasteiger partial charge in [0.05, 0.1) is 10.9 Å². The topological polar surface area (TPSA) is 60.7 Å². The highest BCUT2D eigenvalue weighted by molar-refractivity contribution is 5.80. The van der Waals surface area contributed by atoms with Crippen LogP contribution in [-0.4, -0.2) is 19.5 Å². The first kappa shape index (κ1) is 14.3. The van der Waals surface area contributed by atoms with Gasteiger partial charge < -0.3 is 0 Å². The van der Waals surface area contributed by atoms with E-state index in [9.17, 15) is 4.79 Å². The van der Waals surface area contributed by atoms with E-state index in [1.54, 1.807) is 23.0 Å². The molecule has 0 spiro atoms. The summed E-state index contributed by atoms with van der Waals surface area (Å²) in [6.07, 6.45) is 3.36. The van der Waals surface area contributed by atoms with Crippen LogP contribution < -0.4 is 5.56 Å².